The SMILES string of the molecule is O=c1c2ccccc2cc(Cl)c2sccc12. The Balaban J connectivity index is 2.74. The fourth-order valence-electron chi connectivity index (χ4n) is 1.85. The number of thiophene rings is 1. The van der Waals surface area contributed by atoms with Crippen molar-refractivity contribution in [3.63, 3.8) is 0 Å². The van der Waals surface area contributed by atoms with Crippen molar-refractivity contribution in [1.82, 2.24) is 0 Å². The highest BCUT2D eigenvalue weighted by Gasteiger charge is 2.06. The molecule has 0 aliphatic carbocycles. The molecule has 0 saturated carbocycles. The number of hydrogen-bond donors (Lipinski definition) is 0. The molecule has 16 heavy (non-hydrogen) atoms. The predicted octanol–water partition coefficient (Wildman–Crippen LogP) is 4.07. The van der Waals surface area contributed by atoms with Crippen LogP contribution in [0.4, 0.5) is 0 Å². The van der Waals surface area contributed by atoms with E-state index in [1.54, 1.807) is 0 Å². The summed E-state index contributed by atoms with van der Waals surface area (Å²) in [7, 11) is 0. The zero-order chi connectivity index (χ0) is 11.1. The Labute approximate surface area is 101 Å². The van der Waals surface area contributed by atoms with Gasteiger partial charge in [-0.25, -0.2) is 0 Å². The van der Waals surface area contributed by atoms with Crippen LogP contribution in [-0.4, -0.2) is 0 Å². The van der Waals surface area contributed by atoms with Crippen molar-refractivity contribution < 1.29 is 0 Å². The van der Waals surface area contributed by atoms with Gasteiger partial charge < -0.3 is 0 Å². The van der Waals surface area contributed by atoms with Crippen LogP contribution in [-0.2, 0) is 0 Å². The zero-order valence-corrected chi connectivity index (χ0v) is 9.81. The molecule has 1 aromatic heterocycles. The van der Waals surface area contributed by atoms with E-state index in [0.29, 0.717) is 10.4 Å². The van der Waals surface area contributed by atoms with Gasteiger partial charge in [-0.05, 0) is 22.9 Å². The minimum absolute atomic E-state index is 0.0544. The lowest BCUT2D eigenvalue weighted by Gasteiger charge is -1.88. The Morgan fingerprint density at radius 3 is 2.75 bits per heavy atom. The van der Waals surface area contributed by atoms with Gasteiger partial charge in [0.2, 0.25) is 0 Å². The molecule has 78 valence electrons. The molecule has 0 aliphatic heterocycles. The summed E-state index contributed by atoms with van der Waals surface area (Å²) in [6.07, 6.45) is 0. The number of hydrogen-bond acceptors (Lipinski definition) is 2. The van der Waals surface area contributed by atoms with Crippen molar-refractivity contribution >= 4 is 43.8 Å². The van der Waals surface area contributed by atoms with Crippen molar-refractivity contribution in [3.05, 3.63) is 57.0 Å². The highest BCUT2D eigenvalue weighted by atomic mass is 35.5. The van der Waals surface area contributed by atoms with Gasteiger partial charge in [0.05, 0.1) is 9.72 Å². The first-order chi connectivity index (χ1) is 7.77. The van der Waals surface area contributed by atoms with Crippen LogP contribution in [0.2, 0.25) is 5.02 Å². The maximum absolute atomic E-state index is 12.2. The van der Waals surface area contributed by atoms with Gasteiger partial charge >= 0.3 is 0 Å². The van der Waals surface area contributed by atoms with Crippen LogP contribution < -0.4 is 5.43 Å². The van der Waals surface area contributed by atoms with Gasteiger partial charge in [0.15, 0.2) is 5.43 Å². The number of halogens is 1. The van der Waals surface area contributed by atoms with E-state index in [2.05, 4.69) is 0 Å². The van der Waals surface area contributed by atoms with Gasteiger partial charge in [0, 0.05) is 10.8 Å². The Morgan fingerprint density at radius 2 is 1.88 bits per heavy atom. The predicted molar refractivity (Wildman–Crippen MR) is 70.6 cm³/mol. The van der Waals surface area contributed by atoms with Crippen LogP contribution in [0.5, 0.6) is 0 Å². The molecule has 1 heterocycles. The lowest BCUT2D eigenvalue weighted by molar-refractivity contribution is 1.77. The molecule has 1 nitrogen and oxygen atoms in total. The van der Waals surface area contributed by atoms with Gasteiger partial charge in [-0.3, -0.25) is 4.79 Å². The molecule has 0 aliphatic rings. The fourth-order valence-corrected chi connectivity index (χ4v) is 3.00. The first-order valence-corrected chi connectivity index (χ1v) is 6.12. The quantitative estimate of drug-likeness (QED) is 0.584. The Kier molecular flexibility index (Phi) is 2.20. The molecule has 0 unspecified atom stereocenters. The van der Waals surface area contributed by atoms with Gasteiger partial charge in [-0.15, -0.1) is 11.3 Å². The maximum atomic E-state index is 12.2. The summed E-state index contributed by atoms with van der Waals surface area (Å²) in [6, 6.07) is 11.2. The summed E-state index contributed by atoms with van der Waals surface area (Å²) in [6.45, 7) is 0. The van der Waals surface area contributed by atoms with Crippen LogP contribution in [0.25, 0.3) is 20.9 Å². The topological polar surface area (TPSA) is 17.1 Å². The van der Waals surface area contributed by atoms with Crippen molar-refractivity contribution in [2.75, 3.05) is 0 Å². The molecule has 0 bridgehead atoms. The number of fused-ring (bicyclic) bond motifs is 2. The minimum atomic E-state index is 0.0544. The highest BCUT2D eigenvalue weighted by molar-refractivity contribution is 7.17. The molecule has 0 saturated heterocycles. The Hall–Kier alpha value is -1.38. The lowest BCUT2D eigenvalue weighted by atomic mass is 10.2. The smallest absolute Gasteiger partial charge is 0.195 e. The second kappa shape index (κ2) is 3.58. The van der Waals surface area contributed by atoms with Gasteiger partial charge in [-0.2, -0.15) is 0 Å². The van der Waals surface area contributed by atoms with E-state index in [1.165, 1.54) is 11.3 Å². The summed E-state index contributed by atoms with van der Waals surface area (Å²) < 4.78 is 0.864. The molecule has 2 aromatic carbocycles. The molecule has 3 heteroatoms. The van der Waals surface area contributed by atoms with E-state index < -0.39 is 0 Å². The van der Waals surface area contributed by atoms with E-state index >= 15 is 0 Å². The van der Waals surface area contributed by atoms with E-state index in [0.717, 1.165) is 15.5 Å². The lowest BCUT2D eigenvalue weighted by Crippen LogP contribution is -1.95. The first-order valence-electron chi connectivity index (χ1n) is 4.86. The fraction of sp³-hybridized carbons (Fsp3) is 0. The molecular weight excluding hydrogens is 240 g/mol. The van der Waals surface area contributed by atoms with E-state index in [-0.39, 0.29) is 5.43 Å². The number of benzene rings is 1. The average Bonchev–Trinajstić information content (AvgIpc) is 2.74. The normalized spacial score (nSPS) is 11.1. The van der Waals surface area contributed by atoms with E-state index in [9.17, 15) is 4.79 Å². The van der Waals surface area contributed by atoms with Crippen LogP contribution in [0.15, 0.2) is 46.6 Å². The average molecular weight is 247 g/mol. The molecule has 0 spiro atoms. The van der Waals surface area contributed by atoms with Crippen molar-refractivity contribution in [2.45, 2.75) is 0 Å². The third kappa shape index (κ3) is 1.34. The summed E-state index contributed by atoms with van der Waals surface area (Å²) in [5.74, 6) is 0. The highest BCUT2D eigenvalue weighted by Crippen LogP contribution is 2.28. The minimum Gasteiger partial charge on any atom is -0.289 e. The summed E-state index contributed by atoms with van der Waals surface area (Å²) in [5.41, 5.74) is 0.0544. The van der Waals surface area contributed by atoms with Gasteiger partial charge in [0.1, 0.15) is 0 Å². The van der Waals surface area contributed by atoms with Gasteiger partial charge in [-0.1, -0.05) is 35.9 Å². The van der Waals surface area contributed by atoms with Crippen molar-refractivity contribution in [3.8, 4) is 0 Å². The summed E-state index contributed by atoms with van der Waals surface area (Å²) >= 11 is 7.71. The largest absolute Gasteiger partial charge is 0.289 e. The molecule has 3 aromatic rings. The zero-order valence-electron chi connectivity index (χ0n) is 8.24. The maximum Gasteiger partial charge on any atom is 0.195 e. The first kappa shape index (κ1) is 9.82. The number of rotatable bonds is 0. The third-order valence-electron chi connectivity index (χ3n) is 2.61. The molecular formula is C13H7ClOS. The second-order valence-electron chi connectivity index (χ2n) is 3.57. The molecule has 0 radical (unpaired) electrons. The second-order valence-corrected chi connectivity index (χ2v) is 4.90. The molecule has 3 rings (SSSR count). The van der Waals surface area contributed by atoms with Crippen LogP contribution in [0, 0.1) is 0 Å². The van der Waals surface area contributed by atoms with Gasteiger partial charge in [0.25, 0.3) is 0 Å². The van der Waals surface area contributed by atoms with Crippen molar-refractivity contribution in [1.29, 1.82) is 0 Å². The molecule has 0 N–H and O–H groups in total. The van der Waals surface area contributed by atoms with E-state index in [1.807, 2.05) is 41.8 Å². The summed E-state index contributed by atoms with van der Waals surface area (Å²) in [4.78, 5) is 12.2. The van der Waals surface area contributed by atoms with Crippen LogP contribution in [0.1, 0.15) is 0 Å². The van der Waals surface area contributed by atoms with E-state index in [4.69, 9.17) is 11.6 Å². The summed E-state index contributed by atoms with van der Waals surface area (Å²) in [5, 5.41) is 4.85. The van der Waals surface area contributed by atoms with Crippen LogP contribution in [0.3, 0.4) is 0 Å². The molecule has 0 fully saturated rings. The molecule has 0 atom stereocenters. The van der Waals surface area contributed by atoms with Crippen molar-refractivity contribution in [2.24, 2.45) is 0 Å². The standard InChI is InChI=1S/C13H7ClOS/c14-11-7-8-3-1-2-4-9(8)12(15)10-5-6-16-13(10)11/h1-7H. The monoisotopic (exact) mass is 246 g/mol. The van der Waals surface area contributed by atoms with Crippen LogP contribution >= 0.6 is 22.9 Å². The Morgan fingerprint density at radius 1 is 1.06 bits per heavy atom. The third-order valence-corrected chi connectivity index (χ3v) is 3.97. The molecule has 0 amide bonds. The Bertz CT molecular complexity index is 746.